The minimum atomic E-state index is -1.02. The third kappa shape index (κ3) is 3.04. The summed E-state index contributed by atoms with van der Waals surface area (Å²) in [5, 5.41) is 23.2. The van der Waals surface area contributed by atoms with E-state index in [9.17, 15) is 10.1 Å². The number of aromatic carboxylic acids is 1. The molecule has 0 atom stereocenters. The Morgan fingerprint density at radius 2 is 2.13 bits per heavy atom. The van der Waals surface area contributed by atoms with Gasteiger partial charge in [0.2, 0.25) is 0 Å². The Hall–Kier alpha value is -2.07. The van der Waals surface area contributed by atoms with Gasteiger partial charge in [-0.05, 0) is 32.0 Å². The summed E-state index contributed by atoms with van der Waals surface area (Å²) in [5.74, 6) is -1.02. The van der Waals surface area contributed by atoms with Crippen LogP contribution in [-0.4, -0.2) is 25.4 Å². The van der Waals surface area contributed by atoms with Gasteiger partial charge in [0.1, 0.15) is 6.07 Å². The largest absolute Gasteiger partial charge is 1.00 e. The maximum atomic E-state index is 10.9. The molecule has 0 unspecified atom stereocenters. The molecule has 0 fully saturated rings. The van der Waals surface area contributed by atoms with Gasteiger partial charge in [-0.25, -0.2) is 9.48 Å². The van der Waals surface area contributed by atoms with Gasteiger partial charge >= 0.3 is 35.5 Å². The molecular weight excluding hydrogens is 303 g/mol. The summed E-state index contributed by atoms with van der Waals surface area (Å²) < 4.78 is 3.54. The second-order valence-electron chi connectivity index (χ2n) is 5.34. The predicted molar refractivity (Wildman–Crippen MR) is 82.2 cm³/mol. The fourth-order valence-corrected chi connectivity index (χ4v) is 2.48. The maximum absolute atomic E-state index is 10.9. The third-order valence-electron chi connectivity index (χ3n) is 3.59. The zero-order valence-electron chi connectivity index (χ0n) is 14.2. The molecule has 0 aliphatic carbocycles. The molecule has 1 aromatic carbocycles. The summed E-state index contributed by atoms with van der Waals surface area (Å²) in [4.78, 5) is 10.9. The summed E-state index contributed by atoms with van der Waals surface area (Å²) in [6, 6.07) is 8.09. The summed E-state index contributed by atoms with van der Waals surface area (Å²) in [6.07, 6.45) is 4.59. The van der Waals surface area contributed by atoms with Crippen LogP contribution in [0.15, 0.2) is 36.8 Å². The summed E-state index contributed by atoms with van der Waals surface area (Å²) in [6.45, 7) is 4.11. The van der Waals surface area contributed by atoms with Crippen molar-refractivity contribution >= 4 is 16.9 Å². The van der Waals surface area contributed by atoms with Gasteiger partial charge in [-0.3, -0.25) is 0 Å². The van der Waals surface area contributed by atoms with Crippen molar-refractivity contribution in [1.29, 1.82) is 5.26 Å². The normalized spacial score (nSPS) is 10.5. The standard InChI is InChI=1S/C16H14N4O2.Na.H/c1-10(2)19-8-11(6-17)14-5-13(3-4-15(14)19)20-9-12(7-18-20)16(21)22;;/h3-5,7-10H,1-2H3,(H,21,22);;/q;+1;-1. The smallest absolute Gasteiger partial charge is 1.00 e. The van der Waals surface area contributed by atoms with Crippen molar-refractivity contribution in [2.24, 2.45) is 0 Å². The Morgan fingerprint density at radius 1 is 1.39 bits per heavy atom. The average Bonchev–Trinajstić information content (AvgIpc) is 3.11. The van der Waals surface area contributed by atoms with Gasteiger partial charge in [0, 0.05) is 29.3 Å². The quantitative estimate of drug-likeness (QED) is 0.694. The van der Waals surface area contributed by atoms with Crippen LogP contribution in [0.25, 0.3) is 16.6 Å². The van der Waals surface area contributed by atoms with Crippen LogP contribution < -0.4 is 29.6 Å². The summed E-state index contributed by atoms with van der Waals surface area (Å²) >= 11 is 0. The van der Waals surface area contributed by atoms with Crippen molar-refractivity contribution in [3.05, 3.63) is 47.9 Å². The molecule has 0 spiro atoms. The minimum Gasteiger partial charge on any atom is -1.00 e. The molecule has 112 valence electrons. The number of rotatable bonds is 3. The molecule has 0 bridgehead atoms. The van der Waals surface area contributed by atoms with Crippen molar-refractivity contribution in [3.8, 4) is 11.8 Å². The van der Waals surface area contributed by atoms with Crippen molar-refractivity contribution in [2.45, 2.75) is 19.9 Å². The van der Waals surface area contributed by atoms with E-state index in [-0.39, 0.29) is 42.6 Å². The monoisotopic (exact) mass is 318 g/mol. The van der Waals surface area contributed by atoms with Gasteiger partial charge in [-0.1, -0.05) is 0 Å². The number of carbonyl (C=O) groups is 1. The van der Waals surface area contributed by atoms with E-state index in [0.717, 1.165) is 16.6 Å². The Balaban J connectivity index is 0.00000144. The number of hydrogen-bond donors (Lipinski definition) is 1. The molecule has 3 aromatic rings. The van der Waals surface area contributed by atoms with Gasteiger partial charge in [0.15, 0.2) is 0 Å². The molecule has 3 rings (SSSR count). The first kappa shape index (κ1) is 17.3. The van der Waals surface area contributed by atoms with Crippen LogP contribution in [0.3, 0.4) is 0 Å². The number of benzene rings is 1. The first-order chi connectivity index (χ1) is 10.5. The van der Waals surface area contributed by atoms with E-state index in [1.54, 1.807) is 0 Å². The van der Waals surface area contributed by atoms with Gasteiger partial charge < -0.3 is 11.1 Å². The number of fused-ring (bicyclic) bond motifs is 1. The van der Waals surface area contributed by atoms with Crippen LogP contribution in [0.1, 0.15) is 37.2 Å². The SMILES string of the molecule is CC(C)n1cc(C#N)c2cc(-n3cc(C(=O)O)cn3)ccc21.[H-].[Na+]. The summed E-state index contributed by atoms with van der Waals surface area (Å²) in [5.41, 5.74) is 2.41. The second-order valence-corrected chi connectivity index (χ2v) is 5.34. The van der Waals surface area contributed by atoms with Crippen molar-refractivity contribution in [1.82, 2.24) is 14.3 Å². The molecule has 23 heavy (non-hydrogen) atoms. The molecule has 0 aliphatic heterocycles. The van der Waals surface area contributed by atoms with E-state index in [2.05, 4.69) is 25.0 Å². The van der Waals surface area contributed by atoms with Crippen molar-refractivity contribution in [2.75, 3.05) is 0 Å². The van der Waals surface area contributed by atoms with E-state index in [4.69, 9.17) is 5.11 Å². The Bertz CT molecular complexity index is 924. The average molecular weight is 318 g/mol. The van der Waals surface area contributed by atoms with E-state index >= 15 is 0 Å². The van der Waals surface area contributed by atoms with Gasteiger partial charge in [0.25, 0.3) is 0 Å². The molecule has 1 N–H and O–H groups in total. The number of nitriles is 1. The molecule has 0 amide bonds. The van der Waals surface area contributed by atoms with Crippen molar-refractivity contribution < 1.29 is 40.9 Å². The van der Waals surface area contributed by atoms with E-state index in [0.29, 0.717) is 5.56 Å². The predicted octanol–water partition coefficient (Wildman–Crippen LogP) is 0.0943. The van der Waals surface area contributed by atoms with Crippen LogP contribution in [-0.2, 0) is 0 Å². The molecule has 0 radical (unpaired) electrons. The Kier molecular flexibility index (Phi) is 4.95. The van der Waals surface area contributed by atoms with Crippen LogP contribution in [0.2, 0.25) is 0 Å². The van der Waals surface area contributed by atoms with Crippen LogP contribution in [0, 0.1) is 11.3 Å². The summed E-state index contributed by atoms with van der Waals surface area (Å²) in [7, 11) is 0. The van der Waals surface area contributed by atoms with Gasteiger partial charge in [-0.2, -0.15) is 10.4 Å². The minimum absolute atomic E-state index is 0. The molecular formula is C16H15N4NaO2. The molecule has 0 saturated carbocycles. The number of hydrogen-bond acceptors (Lipinski definition) is 3. The number of aromatic nitrogens is 3. The zero-order valence-corrected chi connectivity index (χ0v) is 15.2. The van der Waals surface area contributed by atoms with Gasteiger partial charge in [-0.15, -0.1) is 0 Å². The molecule has 0 aliphatic rings. The van der Waals surface area contributed by atoms with Gasteiger partial charge in [0.05, 0.1) is 23.0 Å². The fraction of sp³-hybridized carbons (Fsp3) is 0.188. The van der Waals surface area contributed by atoms with Crippen LogP contribution in [0.4, 0.5) is 0 Å². The second kappa shape index (κ2) is 6.59. The van der Waals surface area contributed by atoms with E-state index in [1.807, 2.05) is 29.0 Å². The molecule has 6 nitrogen and oxygen atoms in total. The first-order valence-electron chi connectivity index (χ1n) is 6.84. The number of carboxylic acids is 1. The van der Waals surface area contributed by atoms with Crippen molar-refractivity contribution in [3.63, 3.8) is 0 Å². The van der Waals surface area contributed by atoms with Crippen LogP contribution in [0.5, 0.6) is 0 Å². The third-order valence-corrected chi connectivity index (χ3v) is 3.59. The van der Waals surface area contributed by atoms with E-state index in [1.165, 1.54) is 17.1 Å². The number of nitrogens with zero attached hydrogens (tertiary/aromatic N) is 4. The first-order valence-corrected chi connectivity index (χ1v) is 6.84. The maximum Gasteiger partial charge on any atom is 1.00 e. The topological polar surface area (TPSA) is 83.8 Å². The molecule has 2 heterocycles. The molecule has 2 aromatic heterocycles. The van der Waals surface area contributed by atoms with Crippen LogP contribution >= 0.6 is 0 Å². The zero-order chi connectivity index (χ0) is 15.9. The fourth-order valence-electron chi connectivity index (χ4n) is 2.48. The number of carboxylic acid groups (broad SMARTS) is 1. The molecule has 7 heteroatoms. The Labute approximate surface area is 156 Å². The molecule has 0 saturated heterocycles. The Morgan fingerprint density at radius 3 is 2.70 bits per heavy atom. The van der Waals surface area contributed by atoms with E-state index < -0.39 is 5.97 Å².